The van der Waals surface area contributed by atoms with Gasteiger partial charge < -0.3 is 110 Å². The predicted octanol–water partition coefficient (Wildman–Crippen LogP) is 1.76. The van der Waals surface area contributed by atoms with Crippen LogP contribution in [-0.4, -0.2) is 283 Å². The van der Waals surface area contributed by atoms with Crippen LogP contribution in [0.3, 0.4) is 0 Å². The van der Waals surface area contributed by atoms with Crippen molar-refractivity contribution >= 4 is 140 Å². The molecule has 3 fully saturated rings. The number of guanidine groups is 1. The normalized spacial score (nSPS) is 25.5. The molecule has 3 aromatic carbocycles. The minimum absolute atomic E-state index is 0.00377. The summed E-state index contributed by atoms with van der Waals surface area (Å²) < 4.78 is 0. The fourth-order valence-corrected chi connectivity index (χ4v) is 18.6. The molecule has 0 bridgehead atoms. The number of hydrogen-bond acceptors (Lipinski definition) is 21. The fraction of sp³-hybridized carbons (Fsp3) is 0.583. The van der Waals surface area contributed by atoms with E-state index in [1.165, 1.54) is 33.0 Å². The summed E-state index contributed by atoms with van der Waals surface area (Å²) in [6, 6.07) is 2.28. The zero-order valence-corrected chi connectivity index (χ0v) is 80.6. The van der Waals surface area contributed by atoms with E-state index in [0.717, 1.165) is 32.0 Å². The number of carbonyl (C=O) groups is 17. The number of likely N-dealkylation sites (N-methyl/N-ethyl adjacent to an activating group) is 3. The van der Waals surface area contributed by atoms with E-state index < -0.39 is 234 Å². The Balaban J connectivity index is 1.18. The van der Waals surface area contributed by atoms with Crippen molar-refractivity contribution in [3.05, 3.63) is 107 Å². The van der Waals surface area contributed by atoms with Crippen LogP contribution in [0.2, 0.25) is 0 Å². The molecule has 3 aliphatic rings. The van der Waals surface area contributed by atoms with Crippen molar-refractivity contribution in [3.63, 3.8) is 0 Å². The lowest BCUT2D eigenvalue weighted by molar-refractivity contribution is -0.149. The second-order valence-electron chi connectivity index (χ2n) is 36.9. The number of unbranched alkanes of at least 4 members (excludes halogenated alkanes) is 2. The van der Waals surface area contributed by atoms with E-state index in [0.29, 0.717) is 83.4 Å². The number of para-hydroxylation sites is 2. The summed E-state index contributed by atoms with van der Waals surface area (Å²) in [5.74, 6) is -16.8. The monoisotopic (exact) mass is 1910 g/mol. The average Bonchev–Trinajstić information content (AvgIpc) is 1.47. The van der Waals surface area contributed by atoms with Gasteiger partial charge in [-0.15, -0.1) is 11.8 Å². The Hall–Kier alpha value is -12.3. The maximum Gasteiger partial charge on any atom is 0.245 e. The van der Waals surface area contributed by atoms with Crippen LogP contribution in [0, 0.1) is 36.0 Å². The third-order valence-corrected chi connectivity index (χ3v) is 26.7. The maximum atomic E-state index is 15.8. The molecule has 0 spiro atoms. The number of ketones is 2. The van der Waals surface area contributed by atoms with Gasteiger partial charge in [0, 0.05) is 125 Å². The molecule has 39 nitrogen and oxygen atoms in total. The van der Waals surface area contributed by atoms with Crippen LogP contribution in [0.5, 0.6) is 0 Å². The first-order chi connectivity index (χ1) is 64.6. The molecule has 136 heavy (non-hydrogen) atoms. The molecule has 16 atom stereocenters. The first-order valence-electron chi connectivity index (χ1n) is 47.2. The number of primary amides is 2. The molecule has 744 valence electrons. The molecule has 1 aliphatic carbocycles. The highest BCUT2D eigenvalue weighted by atomic mass is 32.2. The zero-order valence-electron chi connectivity index (χ0n) is 79.8. The second-order valence-corrected chi connectivity index (χ2v) is 37.9. The van der Waals surface area contributed by atoms with Gasteiger partial charge in [-0.3, -0.25) is 86.9 Å². The van der Waals surface area contributed by atoms with E-state index in [9.17, 15) is 53.4 Å². The van der Waals surface area contributed by atoms with Crippen molar-refractivity contribution in [2.75, 3.05) is 52.3 Å². The molecule has 0 radical (unpaired) electrons. The van der Waals surface area contributed by atoms with E-state index >= 15 is 38.4 Å². The Morgan fingerprint density at radius 2 is 1.11 bits per heavy atom. The van der Waals surface area contributed by atoms with Gasteiger partial charge in [0.15, 0.2) is 17.5 Å². The molecule has 2 aromatic heterocycles. The van der Waals surface area contributed by atoms with Crippen LogP contribution < -0.4 is 70.4 Å². The number of hydrogen-bond donors (Lipinski definition) is 18. The summed E-state index contributed by atoms with van der Waals surface area (Å²) in [7, 11) is 4.04. The van der Waals surface area contributed by atoms with Crippen LogP contribution in [-0.2, 0) is 101 Å². The predicted molar refractivity (Wildman–Crippen MR) is 512 cm³/mol. The zero-order chi connectivity index (χ0) is 99.9. The summed E-state index contributed by atoms with van der Waals surface area (Å²) >= 11 is 0.881. The van der Waals surface area contributed by atoms with Crippen molar-refractivity contribution in [3.8, 4) is 0 Å². The average molecular weight is 1910 g/mol. The van der Waals surface area contributed by atoms with E-state index in [2.05, 4.69) is 63.1 Å². The number of nitrogens with two attached hydrogens (primary N) is 3. The molecule has 40 heteroatoms. The third-order valence-electron chi connectivity index (χ3n) is 25.6. The highest BCUT2D eigenvalue weighted by Crippen LogP contribution is 2.36. The van der Waals surface area contributed by atoms with E-state index in [1.807, 2.05) is 20.8 Å². The molecule has 2 unspecified atom stereocenters. The van der Waals surface area contributed by atoms with E-state index in [4.69, 9.17) is 22.6 Å². The van der Waals surface area contributed by atoms with E-state index in [1.54, 1.807) is 113 Å². The number of aliphatic hydroxyl groups excluding tert-OH is 2. The number of rotatable bonds is 27. The standard InChI is InChI=1S/C96H140N20O19S/c1-12-14-30-75-89(129)105-67(29-22-40-101-96(99)100)86(126)111-74(78(119)32-21-33-80(97)121)51-136-52-82(123)104-71(42-57-36-34-55(7)35-37-57)92(132)113(9)56(8)84(124)106-68(46-81(98)122)79(120)39-38-58-23-20-26-64(58)85(125)112-83(54(5)6)91(131)109-70(41-53(3)4)94(134)116-49-61(118)45-77(116)90(130)107-69(43-59-47-102-65-27-18-16-24-62(59)65)87(127)110-73(50-117)88(128)108-72(44-60-48-103-66-28-19-17-25-63(60)66)93(133)115(11)76(31-15-13-2)95(135)114(75)10/h16-19,24-25,27-28,34-37,47-48,53-54,56,58,61,64,67-77,83,102-103,117-118H,12-15,20-23,26,29-33,38-46,49-52H2,1-11H3,(H2,97,121)(H2,98,122)(H,104,123)(H,105,129)(H,106,124)(H,107,130)(H,108,128)(H,109,131)(H,110,127)(H,111,126)(H,112,125)(H4,99,100,101)/t56-,58?,61+,64+,67-,68-,69-,70-,71-,72-,73-,74-,75-,76-,77?,83-/m0/s1. The number of aromatic nitrogens is 2. The molecular formula is C96H140N20O19S. The van der Waals surface area contributed by atoms with Gasteiger partial charge in [-0.25, -0.2) is 0 Å². The number of thioether (sulfide) groups is 1. The second kappa shape index (κ2) is 52.7. The van der Waals surface area contributed by atoms with Gasteiger partial charge in [-0.2, -0.15) is 0 Å². The van der Waals surface area contributed by atoms with Gasteiger partial charge in [0.2, 0.25) is 88.6 Å². The topological polar surface area (TPSA) is 597 Å². The van der Waals surface area contributed by atoms with Crippen molar-refractivity contribution in [2.24, 2.45) is 40.9 Å². The number of aromatic amines is 2. The Kier molecular flexibility index (Phi) is 42.2. The Morgan fingerprint density at radius 1 is 0.551 bits per heavy atom. The fourth-order valence-electron chi connectivity index (χ4n) is 17.7. The number of amides is 15. The van der Waals surface area contributed by atoms with Gasteiger partial charge in [0.25, 0.3) is 0 Å². The smallest absolute Gasteiger partial charge is 0.245 e. The van der Waals surface area contributed by atoms with Crippen LogP contribution in [0.1, 0.15) is 193 Å². The van der Waals surface area contributed by atoms with Crippen LogP contribution in [0.15, 0.2) is 85.2 Å². The lowest BCUT2D eigenvalue weighted by Crippen LogP contribution is -2.61. The van der Waals surface area contributed by atoms with Gasteiger partial charge in [-0.05, 0) is 118 Å². The minimum atomic E-state index is -1.86. The van der Waals surface area contributed by atoms with Crippen molar-refractivity contribution in [1.29, 1.82) is 5.41 Å². The Morgan fingerprint density at radius 3 is 1.71 bits per heavy atom. The van der Waals surface area contributed by atoms with Gasteiger partial charge in [0.1, 0.15) is 66.5 Å². The summed E-state index contributed by atoms with van der Waals surface area (Å²) in [6.45, 7) is 12.4. The number of H-pyrrole nitrogens is 2. The highest BCUT2D eigenvalue weighted by Gasteiger charge is 2.46. The molecule has 4 heterocycles. The molecule has 15 amide bonds. The number of nitrogens with zero attached hydrogens (tertiary/aromatic N) is 4. The van der Waals surface area contributed by atoms with Crippen molar-refractivity contribution in [2.45, 2.75) is 281 Å². The number of benzene rings is 3. The first kappa shape index (κ1) is 109. The van der Waals surface area contributed by atoms with E-state index in [-0.39, 0.29) is 108 Å². The van der Waals surface area contributed by atoms with Gasteiger partial charge in [0.05, 0.1) is 37.0 Å². The number of aryl methyl sites for hydroxylation is 1. The number of nitrogens with one attached hydrogen (secondary N) is 13. The molecule has 2 saturated heterocycles. The lowest BCUT2D eigenvalue weighted by Gasteiger charge is -2.36. The lowest BCUT2D eigenvalue weighted by atomic mass is 9.88. The summed E-state index contributed by atoms with van der Waals surface area (Å²) in [6.07, 6.45) is 2.65. The molecule has 21 N–H and O–H groups in total. The number of fused-ring (bicyclic) bond motifs is 4. The van der Waals surface area contributed by atoms with Gasteiger partial charge >= 0.3 is 0 Å². The first-order valence-corrected chi connectivity index (χ1v) is 48.3. The molecule has 8 rings (SSSR count). The number of aliphatic hydroxyl groups is 2. The third kappa shape index (κ3) is 31.4. The largest absolute Gasteiger partial charge is 0.394 e. The van der Waals surface area contributed by atoms with Crippen molar-refractivity contribution in [1.82, 2.24) is 82.7 Å². The molecule has 2 aliphatic heterocycles. The molecule has 1 saturated carbocycles. The minimum Gasteiger partial charge on any atom is -0.394 e. The quantitative estimate of drug-likeness (QED) is 0.0202. The molecule has 5 aromatic rings. The Bertz CT molecular complexity index is 5040. The van der Waals surface area contributed by atoms with Crippen LogP contribution >= 0.6 is 11.8 Å². The summed E-state index contributed by atoms with van der Waals surface area (Å²) in [4.78, 5) is 260. The number of carbonyl (C=O) groups excluding carboxylic acids is 17. The van der Waals surface area contributed by atoms with Gasteiger partial charge in [-0.1, -0.05) is 140 Å². The van der Waals surface area contributed by atoms with Crippen LogP contribution in [0.4, 0.5) is 0 Å². The summed E-state index contributed by atoms with van der Waals surface area (Å²) in [5, 5.41) is 59.3. The molecular weight excluding hydrogens is 1770 g/mol. The number of Topliss-reactive ketones (excluding diaryl/α,β-unsaturated/α-hetero) is 2. The van der Waals surface area contributed by atoms with Crippen LogP contribution in [0.25, 0.3) is 21.8 Å². The Labute approximate surface area is 797 Å². The van der Waals surface area contributed by atoms with Crippen molar-refractivity contribution < 1.29 is 91.7 Å². The summed E-state index contributed by atoms with van der Waals surface area (Å²) in [5.41, 5.74) is 20.7. The SMILES string of the molecule is CCCC[C@H]1C(=O)N(C)[C@@H](CCCC)C(=O)N[C@@H](CCCNC(=N)N)C(=O)N[C@H](C(=O)CCCC(N)=O)CSCC(=O)N[C@@H](Cc2ccc(C)cc2)C(=O)N(C)[C@@H](C)C(=O)N[C@@H](CC(N)=O)C(=O)CCC2CCC[C@H]2C(=O)N[C@@H](C(C)C)C(=O)N[C@@H](CC(C)C)C(=O)N2C[C@H](O)CC2C(=O)N[C@@H](Cc2c[nH]c3ccccc23)C(=O)N[C@@H](CO)C(=O)N[C@@H](Cc2c[nH]c3ccccc23)C(=O)N1C. The maximum absolute atomic E-state index is 15.8. The highest BCUT2D eigenvalue weighted by molar-refractivity contribution is 8.00.